The topological polar surface area (TPSA) is 103 Å². The zero-order valence-electron chi connectivity index (χ0n) is 11.9. The Morgan fingerprint density at radius 2 is 2.22 bits per heavy atom. The van der Waals surface area contributed by atoms with E-state index in [1.807, 2.05) is 6.07 Å². The summed E-state index contributed by atoms with van der Waals surface area (Å²) in [7, 11) is -3.55. The lowest BCUT2D eigenvalue weighted by atomic mass is 10.1. The maximum atomic E-state index is 12.4. The SMILES string of the molecule is N#Cc1cccc(NC(=O)C2=CC=CN3CCS(=O)(=O)N=C23)c1. The highest BCUT2D eigenvalue weighted by Gasteiger charge is 2.29. The fourth-order valence-corrected chi connectivity index (χ4v) is 3.24. The molecule has 0 aromatic heterocycles. The van der Waals surface area contributed by atoms with Crippen LogP contribution in [0.2, 0.25) is 0 Å². The van der Waals surface area contributed by atoms with E-state index in [-0.39, 0.29) is 23.7 Å². The van der Waals surface area contributed by atoms with Crippen molar-refractivity contribution in [3.8, 4) is 6.07 Å². The molecule has 8 heteroatoms. The largest absolute Gasteiger partial charge is 0.331 e. The van der Waals surface area contributed by atoms with Crippen LogP contribution in [0.5, 0.6) is 0 Å². The van der Waals surface area contributed by atoms with Gasteiger partial charge >= 0.3 is 0 Å². The molecule has 1 aromatic carbocycles. The Morgan fingerprint density at radius 3 is 3.00 bits per heavy atom. The van der Waals surface area contributed by atoms with Crippen molar-refractivity contribution in [2.45, 2.75) is 0 Å². The van der Waals surface area contributed by atoms with Crippen LogP contribution in [-0.4, -0.2) is 37.4 Å². The van der Waals surface area contributed by atoms with Gasteiger partial charge < -0.3 is 10.2 Å². The van der Waals surface area contributed by atoms with Crippen molar-refractivity contribution >= 4 is 27.5 Å². The van der Waals surface area contributed by atoms with Gasteiger partial charge in [0.1, 0.15) is 0 Å². The van der Waals surface area contributed by atoms with Gasteiger partial charge in [0, 0.05) is 18.4 Å². The van der Waals surface area contributed by atoms with Gasteiger partial charge in [0.05, 0.1) is 23.0 Å². The summed E-state index contributed by atoms with van der Waals surface area (Å²) in [5.74, 6) is -0.446. The summed E-state index contributed by atoms with van der Waals surface area (Å²) >= 11 is 0. The Kier molecular flexibility index (Phi) is 3.72. The van der Waals surface area contributed by atoms with E-state index in [4.69, 9.17) is 5.26 Å². The number of allylic oxidation sites excluding steroid dienone is 2. The summed E-state index contributed by atoms with van der Waals surface area (Å²) in [6.07, 6.45) is 4.86. The third-order valence-electron chi connectivity index (χ3n) is 3.35. The second-order valence-corrected chi connectivity index (χ2v) is 6.72. The number of fused-ring (bicyclic) bond motifs is 1. The molecule has 0 saturated carbocycles. The minimum atomic E-state index is -3.55. The number of anilines is 1. The molecule has 0 unspecified atom stereocenters. The summed E-state index contributed by atoms with van der Waals surface area (Å²) < 4.78 is 27.1. The smallest absolute Gasteiger partial charge is 0.259 e. The minimum absolute atomic E-state index is 0.0834. The molecule has 2 heterocycles. The second kappa shape index (κ2) is 5.70. The van der Waals surface area contributed by atoms with Crippen molar-refractivity contribution in [3.63, 3.8) is 0 Å². The Morgan fingerprint density at radius 1 is 1.39 bits per heavy atom. The maximum Gasteiger partial charge on any atom is 0.259 e. The van der Waals surface area contributed by atoms with Gasteiger partial charge in [-0.1, -0.05) is 6.07 Å². The highest BCUT2D eigenvalue weighted by atomic mass is 32.2. The first-order valence-electron chi connectivity index (χ1n) is 6.78. The number of carbonyl (C=O) groups is 1. The molecule has 1 amide bonds. The molecule has 0 atom stereocenters. The first-order valence-corrected chi connectivity index (χ1v) is 8.39. The number of sulfonamides is 1. The van der Waals surface area contributed by atoms with Gasteiger partial charge in [-0.25, -0.2) is 8.42 Å². The lowest BCUT2D eigenvalue weighted by molar-refractivity contribution is -0.112. The lowest BCUT2D eigenvalue weighted by Gasteiger charge is -2.28. The fraction of sp³-hybridized carbons (Fsp3) is 0.133. The Balaban J connectivity index is 1.89. The lowest BCUT2D eigenvalue weighted by Crippen LogP contribution is -2.40. The van der Waals surface area contributed by atoms with Crippen molar-refractivity contribution < 1.29 is 13.2 Å². The van der Waals surface area contributed by atoms with Crippen molar-refractivity contribution in [2.75, 3.05) is 17.6 Å². The molecule has 0 saturated heterocycles. The van der Waals surface area contributed by atoms with Crippen molar-refractivity contribution in [3.05, 3.63) is 53.8 Å². The van der Waals surface area contributed by atoms with E-state index in [9.17, 15) is 13.2 Å². The molecule has 7 nitrogen and oxygen atoms in total. The van der Waals surface area contributed by atoms with E-state index >= 15 is 0 Å². The van der Waals surface area contributed by atoms with Crippen molar-refractivity contribution in [2.24, 2.45) is 4.40 Å². The van der Waals surface area contributed by atoms with Gasteiger partial charge in [-0.15, -0.1) is 4.40 Å². The van der Waals surface area contributed by atoms with Crippen LogP contribution in [0, 0.1) is 11.3 Å². The number of nitrogens with zero attached hydrogens (tertiary/aromatic N) is 3. The number of hydrogen-bond acceptors (Lipinski definition) is 5. The molecule has 23 heavy (non-hydrogen) atoms. The Labute approximate surface area is 133 Å². The molecule has 0 bridgehead atoms. The summed E-state index contributed by atoms with van der Waals surface area (Å²) in [6, 6.07) is 8.45. The maximum absolute atomic E-state index is 12.4. The van der Waals surface area contributed by atoms with Crippen LogP contribution < -0.4 is 5.32 Å². The predicted molar refractivity (Wildman–Crippen MR) is 84.9 cm³/mol. The van der Waals surface area contributed by atoms with E-state index in [1.165, 1.54) is 12.1 Å². The molecule has 2 aliphatic heterocycles. The van der Waals surface area contributed by atoms with Gasteiger partial charge in [-0.3, -0.25) is 4.79 Å². The number of rotatable bonds is 2. The fourth-order valence-electron chi connectivity index (χ4n) is 2.26. The van der Waals surface area contributed by atoms with Gasteiger partial charge in [0.25, 0.3) is 15.9 Å². The summed E-state index contributed by atoms with van der Waals surface area (Å²) in [6.45, 7) is 0.256. The van der Waals surface area contributed by atoms with Crippen LogP contribution in [0.4, 0.5) is 5.69 Å². The summed E-state index contributed by atoms with van der Waals surface area (Å²) in [4.78, 5) is 14.1. The van der Waals surface area contributed by atoms with E-state index in [0.717, 1.165) is 0 Å². The van der Waals surface area contributed by atoms with E-state index in [2.05, 4.69) is 9.71 Å². The molecule has 3 rings (SSSR count). The van der Waals surface area contributed by atoms with Crippen LogP contribution in [0.3, 0.4) is 0 Å². The first kappa shape index (κ1) is 15.0. The molecule has 0 spiro atoms. The Bertz CT molecular complexity index is 907. The quantitative estimate of drug-likeness (QED) is 0.872. The summed E-state index contributed by atoms with van der Waals surface area (Å²) in [5.41, 5.74) is 1.04. The average Bonchev–Trinajstić information content (AvgIpc) is 2.53. The third kappa shape index (κ3) is 3.14. The number of amidine groups is 1. The molecule has 2 aliphatic rings. The molecular weight excluding hydrogens is 316 g/mol. The zero-order valence-corrected chi connectivity index (χ0v) is 12.7. The number of carbonyl (C=O) groups excluding carboxylic acids is 1. The molecule has 1 aromatic rings. The number of amides is 1. The molecular formula is C15H12N4O3S. The van der Waals surface area contributed by atoms with Crippen molar-refractivity contribution in [1.82, 2.24) is 4.90 Å². The standard InChI is InChI=1S/C15H12N4O3S/c16-10-11-3-1-4-12(9-11)17-15(20)13-5-2-6-19-7-8-23(21,22)18-14(13)19/h1-6,9H,7-8H2,(H,17,20). The summed E-state index contributed by atoms with van der Waals surface area (Å²) in [5, 5.41) is 11.5. The van der Waals surface area contributed by atoms with Crippen LogP contribution in [0.15, 0.2) is 52.6 Å². The van der Waals surface area contributed by atoms with E-state index in [1.54, 1.807) is 35.4 Å². The second-order valence-electron chi connectivity index (χ2n) is 4.96. The van der Waals surface area contributed by atoms with Crippen LogP contribution in [0.1, 0.15) is 5.56 Å². The van der Waals surface area contributed by atoms with E-state index < -0.39 is 15.9 Å². The Hall–Kier alpha value is -2.92. The molecule has 1 N–H and O–H groups in total. The monoisotopic (exact) mass is 328 g/mol. The minimum Gasteiger partial charge on any atom is -0.331 e. The average molecular weight is 328 g/mol. The number of nitrogens with one attached hydrogen (secondary N) is 1. The number of hydrogen-bond donors (Lipinski definition) is 1. The molecule has 116 valence electrons. The van der Waals surface area contributed by atoms with Crippen molar-refractivity contribution in [1.29, 1.82) is 5.26 Å². The molecule has 0 aliphatic carbocycles. The highest BCUT2D eigenvalue weighted by Crippen LogP contribution is 2.19. The van der Waals surface area contributed by atoms with Gasteiger partial charge in [0.15, 0.2) is 5.84 Å². The van der Waals surface area contributed by atoms with Gasteiger partial charge in [0.2, 0.25) is 0 Å². The molecule has 0 radical (unpaired) electrons. The van der Waals surface area contributed by atoms with Gasteiger partial charge in [-0.05, 0) is 30.4 Å². The predicted octanol–water partition coefficient (Wildman–Crippen LogP) is 0.994. The number of benzene rings is 1. The normalized spacial score (nSPS) is 18.3. The highest BCUT2D eigenvalue weighted by molar-refractivity contribution is 7.90. The third-order valence-corrected chi connectivity index (χ3v) is 4.50. The van der Waals surface area contributed by atoms with Crippen LogP contribution in [0.25, 0.3) is 0 Å². The van der Waals surface area contributed by atoms with E-state index in [0.29, 0.717) is 11.3 Å². The zero-order chi connectivity index (χ0) is 16.4. The first-order chi connectivity index (χ1) is 11.0. The molecule has 0 fully saturated rings. The number of nitriles is 1. The van der Waals surface area contributed by atoms with Crippen LogP contribution >= 0.6 is 0 Å². The van der Waals surface area contributed by atoms with Crippen LogP contribution in [-0.2, 0) is 14.8 Å². The van der Waals surface area contributed by atoms with Gasteiger partial charge in [-0.2, -0.15) is 5.26 Å².